The van der Waals surface area contributed by atoms with Crippen LogP contribution in [-0.2, 0) is 34.2 Å². The Morgan fingerprint density at radius 3 is 2.41 bits per heavy atom. The normalized spacial score (nSPS) is 17.0. The van der Waals surface area contributed by atoms with Crippen LogP contribution >= 0.6 is 0 Å². The number of carbonyl (C=O) groups excluding carboxylic acids is 1. The van der Waals surface area contributed by atoms with E-state index in [2.05, 4.69) is 33.3 Å². The fourth-order valence-electron chi connectivity index (χ4n) is 4.15. The Kier molecular flexibility index (Phi) is 7.10. The third-order valence-electron chi connectivity index (χ3n) is 5.98. The van der Waals surface area contributed by atoms with Crippen LogP contribution in [0.1, 0.15) is 16.7 Å². The number of hydrogen-bond acceptors (Lipinski definition) is 6. The first-order valence-electron chi connectivity index (χ1n) is 10.9. The number of amides is 1. The first kappa shape index (κ1) is 22.7. The summed E-state index contributed by atoms with van der Waals surface area (Å²) in [6, 6.07) is 12.9. The molecule has 172 valence electrons. The summed E-state index contributed by atoms with van der Waals surface area (Å²) >= 11 is 0. The van der Waals surface area contributed by atoms with E-state index in [4.69, 9.17) is 9.88 Å². The number of rotatable bonds is 8. The van der Waals surface area contributed by atoms with Crippen LogP contribution in [0.3, 0.4) is 0 Å². The summed E-state index contributed by atoms with van der Waals surface area (Å²) in [7, 11) is -3.68. The van der Waals surface area contributed by atoms with E-state index in [0.717, 1.165) is 57.1 Å². The van der Waals surface area contributed by atoms with Crippen LogP contribution in [0.15, 0.2) is 47.4 Å². The molecule has 2 aliphatic rings. The topological polar surface area (TPSA) is 105 Å². The van der Waals surface area contributed by atoms with E-state index in [1.54, 1.807) is 12.1 Å². The average molecular weight is 459 g/mol. The second-order valence-electron chi connectivity index (χ2n) is 8.38. The average Bonchev–Trinajstić information content (AvgIpc) is 3.23. The minimum Gasteiger partial charge on any atom is -0.493 e. The van der Waals surface area contributed by atoms with E-state index in [-0.39, 0.29) is 10.8 Å². The molecular weight excluding hydrogens is 428 g/mol. The van der Waals surface area contributed by atoms with Crippen molar-refractivity contribution < 1.29 is 17.9 Å². The number of sulfonamides is 1. The molecule has 4 rings (SSSR count). The van der Waals surface area contributed by atoms with Gasteiger partial charge in [0.1, 0.15) is 5.75 Å². The van der Waals surface area contributed by atoms with E-state index in [0.29, 0.717) is 19.5 Å². The predicted molar refractivity (Wildman–Crippen MR) is 122 cm³/mol. The van der Waals surface area contributed by atoms with Gasteiger partial charge in [-0.05, 0) is 41.3 Å². The van der Waals surface area contributed by atoms with Crippen LogP contribution in [0.2, 0.25) is 0 Å². The zero-order valence-corrected chi connectivity index (χ0v) is 18.9. The van der Waals surface area contributed by atoms with Gasteiger partial charge in [-0.15, -0.1) is 0 Å². The summed E-state index contributed by atoms with van der Waals surface area (Å²) in [6.45, 7) is 6.24. The van der Waals surface area contributed by atoms with Crippen molar-refractivity contribution in [1.82, 2.24) is 15.1 Å². The number of nitrogens with zero attached hydrogens (tertiary/aromatic N) is 2. The molecule has 0 radical (unpaired) electrons. The number of piperazine rings is 1. The standard InChI is InChI=1S/C23H30N4O4S/c24-32(29,30)21-4-1-18(2-5-21)7-9-25-23(28)17-27-12-10-26(11-13-27)16-19-3-6-22-20(15-19)8-14-31-22/h1-6,15H,7-14,16-17H2,(H,25,28)(H2,24,29,30). The monoisotopic (exact) mass is 458 g/mol. The van der Waals surface area contributed by atoms with Crippen molar-refractivity contribution in [3.63, 3.8) is 0 Å². The van der Waals surface area contributed by atoms with Gasteiger partial charge in [-0.2, -0.15) is 0 Å². The van der Waals surface area contributed by atoms with Gasteiger partial charge in [0.05, 0.1) is 18.0 Å². The zero-order valence-electron chi connectivity index (χ0n) is 18.1. The molecule has 0 saturated carbocycles. The summed E-state index contributed by atoms with van der Waals surface area (Å²) in [4.78, 5) is 17.0. The molecule has 2 heterocycles. The van der Waals surface area contributed by atoms with Gasteiger partial charge in [-0.3, -0.25) is 14.6 Å². The maximum absolute atomic E-state index is 12.3. The van der Waals surface area contributed by atoms with E-state index in [1.165, 1.54) is 23.3 Å². The second-order valence-corrected chi connectivity index (χ2v) is 9.94. The minimum absolute atomic E-state index is 0.0122. The molecule has 9 heteroatoms. The molecule has 1 fully saturated rings. The molecule has 8 nitrogen and oxygen atoms in total. The number of fused-ring (bicyclic) bond motifs is 1. The lowest BCUT2D eigenvalue weighted by Gasteiger charge is -2.34. The van der Waals surface area contributed by atoms with E-state index in [1.807, 2.05) is 0 Å². The molecule has 32 heavy (non-hydrogen) atoms. The summed E-state index contributed by atoms with van der Waals surface area (Å²) < 4.78 is 28.2. The van der Waals surface area contributed by atoms with Crippen molar-refractivity contribution in [2.75, 3.05) is 45.9 Å². The predicted octanol–water partition coefficient (Wildman–Crippen LogP) is 0.745. The number of benzene rings is 2. The first-order valence-corrected chi connectivity index (χ1v) is 12.5. The maximum atomic E-state index is 12.3. The van der Waals surface area contributed by atoms with Crippen molar-refractivity contribution in [3.05, 3.63) is 59.2 Å². The molecule has 0 unspecified atom stereocenters. The van der Waals surface area contributed by atoms with Gasteiger partial charge < -0.3 is 10.1 Å². The SMILES string of the molecule is NS(=O)(=O)c1ccc(CCNC(=O)CN2CCN(Cc3ccc4c(c3)CCO4)CC2)cc1. The highest BCUT2D eigenvalue weighted by Gasteiger charge is 2.20. The largest absolute Gasteiger partial charge is 0.493 e. The van der Waals surface area contributed by atoms with Crippen LogP contribution in [0, 0.1) is 0 Å². The van der Waals surface area contributed by atoms with E-state index in [9.17, 15) is 13.2 Å². The second kappa shape index (κ2) is 9.99. The maximum Gasteiger partial charge on any atom is 0.238 e. The molecule has 1 saturated heterocycles. The highest BCUT2D eigenvalue weighted by molar-refractivity contribution is 7.89. The molecule has 2 aromatic rings. The van der Waals surface area contributed by atoms with E-state index < -0.39 is 10.0 Å². The summed E-state index contributed by atoms with van der Waals surface area (Å²) in [6.07, 6.45) is 1.63. The third kappa shape index (κ3) is 6.07. The number of hydrogen-bond donors (Lipinski definition) is 2. The molecule has 0 aromatic heterocycles. The first-order chi connectivity index (χ1) is 15.4. The summed E-state index contributed by atoms with van der Waals surface area (Å²) in [5.41, 5.74) is 3.57. The third-order valence-corrected chi connectivity index (χ3v) is 6.91. The van der Waals surface area contributed by atoms with Crippen LogP contribution < -0.4 is 15.2 Å². The molecule has 3 N–H and O–H groups in total. The molecule has 0 aliphatic carbocycles. The van der Waals surface area contributed by atoms with Gasteiger partial charge in [0.2, 0.25) is 15.9 Å². The zero-order chi connectivity index (χ0) is 22.6. The van der Waals surface area contributed by atoms with Crippen molar-refractivity contribution >= 4 is 15.9 Å². The van der Waals surface area contributed by atoms with Gasteiger partial charge in [-0.25, -0.2) is 13.6 Å². The van der Waals surface area contributed by atoms with Crippen molar-refractivity contribution in [2.24, 2.45) is 5.14 Å². The number of ether oxygens (including phenoxy) is 1. The highest BCUT2D eigenvalue weighted by Crippen LogP contribution is 2.26. The molecule has 2 aromatic carbocycles. The van der Waals surface area contributed by atoms with Gasteiger partial charge >= 0.3 is 0 Å². The van der Waals surface area contributed by atoms with Gasteiger partial charge in [0, 0.05) is 45.7 Å². The Morgan fingerprint density at radius 2 is 1.69 bits per heavy atom. The molecular formula is C23H30N4O4S. The number of carbonyl (C=O) groups is 1. The minimum atomic E-state index is -3.68. The van der Waals surface area contributed by atoms with Gasteiger partial charge in [-0.1, -0.05) is 24.3 Å². The Balaban J connectivity index is 1.15. The fraction of sp³-hybridized carbons (Fsp3) is 0.435. The quantitative estimate of drug-likeness (QED) is 0.605. The van der Waals surface area contributed by atoms with Crippen LogP contribution in [0.5, 0.6) is 5.75 Å². The number of nitrogens with one attached hydrogen (secondary N) is 1. The molecule has 1 amide bonds. The van der Waals surface area contributed by atoms with E-state index >= 15 is 0 Å². The Hall–Kier alpha value is -2.46. The Morgan fingerprint density at radius 1 is 1.00 bits per heavy atom. The lowest BCUT2D eigenvalue weighted by Crippen LogP contribution is -2.49. The number of primary sulfonamides is 1. The van der Waals surface area contributed by atoms with Crippen LogP contribution in [-0.4, -0.2) is 70.0 Å². The van der Waals surface area contributed by atoms with Crippen molar-refractivity contribution in [2.45, 2.75) is 24.3 Å². The van der Waals surface area contributed by atoms with Crippen LogP contribution in [0.4, 0.5) is 0 Å². The van der Waals surface area contributed by atoms with Crippen LogP contribution in [0.25, 0.3) is 0 Å². The Labute approximate surface area is 189 Å². The van der Waals surface area contributed by atoms with Crippen molar-refractivity contribution in [3.8, 4) is 5.75 Å². The lowest BCUT2D eigenvalue weighted by molar-refractivity contribution is -0.122. The lowest BCUT2D eigenvalue weighted by atomic mass is 10.1. The fourth-order valence-corrected chi connectivity index (χ4v) is 4.67. The number of nitrogens with two attached hydrogens (primary N) is 1. The molecule has 0 bridgehead atoms. The summed E-state index contributed by atoms with van der Waals surface area (Å²) in [5.74, 6) is 1.03. The highest BCUT2D eigenvalue weighted by atomic mass is 32.2. The van der Waals surface area contributed by atoms with Gasteiger partial charge in [0.25, 0.3) is 0 Å². The van der Waals surface area contributed by atoms with Crippen molar-refractivity contribution in [1.29, 1.82) is 0 Å². The molecule has 0 spiro atoms. The summed E-state index contributed by atoms with van der Waals surface area (Å²) in [5, 5.41) is 8.05. The smallest absolute Gasteiger partial charge is 0.238 e. The Bertz CT molecular complexity index is 1050. The van der Waals surface area contributed by atoms with Gasteiger partial charge in [0.15, 0.2) is 0 Å². The molecule has 2 aliphatic heterocycles. The molecule has 0 atom stereocenters.